The Morgan fingerprint density at radius 3 is 2.60 bits per heavy atom. The molecule has 1 heterocycles. The predicted molar refractivity (Wildman–Crippen MR) is 140 cm³/mol. The minimum Gasteiger partial charge on any atom is -0.489 e. The number of esters is 1. The van der Waals surface area contributed by atoms with Gasteiger partial charge in [-0.3, -0.25) is 9.69 Å². The summed E-state index contributed by atoms with van der Waals surface area (Å²) in [5, 5.41) is 1.20. The molecule has 0 N–H and O–H groups in total. The zero-order valence-corrected chi connectivity index (χ0v) is 20.8. The minimum absolute atomic E-state index is 0.144. The second-order valence-electron chi connectivity index (χ2n) is 7.59. The Morgan fingerprint density at radius 1 is 1.09 bits per heavy atom. The molecule has 0 atom stereocenters. The van der Waals surface area contributed by atoms with Gasteiger partial charge in [-0.2, -0.15) is 0 Å². The van der Waals surface area contributed by atoms with E-state index in [0.717, 1.165) is 11.1 Å². The number of hydrogen-bond donors (Lipinski definition) is 0. The molecule has 6 nitrogen and oxygen atoms in total. The van der Waals surface area contributed by atoms with Crippen LogP contribution in [0.1, 0.15) is 28.4 Å². The van der Waals surface area contributed by atoms with Gasteiger partial charge in [-0.15, -0.1) is 0 Å². The summed E-state index contributed by atoms with van der Waals surface area (Å²) in [6.07, 6.45) is 1.82. The first-order valence-corrected chi connectivity index (χ1v) is 12.1. The van der Waals surface area contributed by atoms with Crippen molar-refractivity contribution in [3.8, 4) is 5.75 Å². The van der Waals surface area contributed by atoms with Gasteiger partial charge in [-0.05, 0) is 66.7 Å². The number of halogens is 1. The summed E-state index contributed by atoms with van der Waals surface area (Å²) in [5.74, 6) is 0.158. The van der Waals surface area contributed by atoms with Crippen LogP contribution in [-0.4, -0.2) is 35.6 Å². The number of hydrogen-bond acceptors (Lipinski definition) is 6. The maximum absolute atomic E-state index is 12.8. The van der Waals surface area contributed by atoms with E-state index in [1.807, 2.05) is 54.6 Å². The zero-order valence-electron chi connectivity index (χ0n) is 19.2. The third-order valence-corrected chi connectivity index (χ3v) is 6.54. The van der Waals surface area contributed by atoms with E-state index in [-0.39, 0.29) is 5.91 Å². The number of carbonyl (C=O) groups is 2. The van der Waals surface area contributed by atoms with Crippen molar-refractivity contribution in [2.45, 2.75) is 13.5 Å². The van der Waals surface area contributed by atoms with E-state index >= 15 is 0 Å². The molecule has 1 fully saturated rings. The Morgan fingerprint density at radius 2 is 1.86 bits per heavy atom. The van der Waals surface area contributed by atoms with Gasteiger partial charge in [-0.25, -0.2) is 9.79 Å². The summed E-state index contributed by atoms with van der Waals surface area (Å²) in [7, 11) is 1.68. The highest BCUT2D eigenvalue weighted by atomic mass is 35.5. The third kappa shape index (κ3) is 6.12. The number of ether oxygens (including phenoxy) is 2. The van der Waals surface area contributed by atoms with Gasteiger partial charge in [0.1, 0.15) is 12.4 Å². The average molecular weight is 507 g/mol. The zero-order chi connectivity index (χ0) is 24.8. The number of nitrogens with zero attached hydrogens (tertiary/aromatic N) is 2. The molecule has 8 heteroatoms. The van der Waals surface area contributed by atoms with Crippen molar-refractivity contribution < 1.29 is 19.1 Å². The standard InChI is InChI=1S/C27H23ClN2O4S/c1-3-33-26(32)19-8-6-9-21(16-19)29-27-30(2)25(31)24(35-27)15-18-11-13-22(14-12-18)34-17-20-7-4-5-10-23(20)28/h4-16H,3,17H2,1-2H3. The highest BCUT2D eigenvalue weighted by molar-refractivity contribution is 8.18. The van der Waals surface area contributed by atoms with Crippen molar-refractivity contribution in [2.75, 3.05) is 13.7 Å². The first kappa shape index (κ1) is 24.6. The third-order valence-electron chi connectivity index (χ3n) is 5.12. The number of rotatable bonds is 7. The van der Waals surface area contributed by atoms with Gasteiger partial charge in [0, 0.05) is 17.6 Å². The molecule has 3 aromatic rings. The lowest BCUT2D eigenvalue weighted by Crippen LogP contribution is -2.23. The van der Waals surface area contributed by atoms with Gasteiger partial charge in [0.2, 0.25) is 0 Å². The van der Waals surface area contributed by atoms with Crippen LogP contribution in [0.3, 0.4) is 0 Å². The monoisotopic (exact) mass is 506 g/mol. The normalized spacial score (nSPS) is 15.6. The molecule has 4 rings (SSSR count). The molecule has 0 unspecified atom stereocenters. The largest absolute Gasteiger partial charge is 0.489 e. The molecule has 35 heavy (non-hydrogen) atoms. The topological polar surface area (TPSA) is 68.2 Å². The van der Waals surface area contributed by atoms with E-state index in [2.05, 4.69) is 4.99 Å². The minimum atomic E-state index is -0.405. The number of amides is 1. The molecule has 0 saturated carbocycles. The lowest BCUT2D eigenvalue weighted by molar-refractivity contribution is -0.121. The summed E-state index contributed by atoms with van der Waals surface area (Å²) in [6, 6.07) is 21.9. The Labute approximate surface area is 213 Å². The smallest absolute Gasteiger partial charge is 0.338 e. The molecule has 1 aliphatic rings. The highest BCUT2D eigenvalue weighted by Gasteiger charge is 2.30. The van der Waals surface area contributed by atoms with Gasteiger partial charge in [0.05, 0.1) is 22.8 Å². The van der Waals surface area contributed by atoms with Crippen LogP contribution in [0.25, 0.3) is 6.08 Å². The molecular weight excluding hydrogens is 484 g/mol. The fraction of sp³-hybridized carbons (Fsp3) is 0.148. The van der Waals surface area contributed by atoms with E-state index in [1.165, 1.54) is 16.7 Å². The van der Waals surface area contributed by atoms with E-state index in [0.29, 0.717) is 45.3 Å². The number of carbonyl (C=O) groups excluding carboxylic acids is 2. The molecule has 3 aromatic carbocycles. The van der Waals surface area contributed by atoms with Gasteiger partial charge >= 0.3 is 5.97 Å². The molecule has 178 valence electrons. The maximum atomic E-state index is 12.8. The van der Waals surface area contributed by atoms with Gasteiger partial charge in [-0.1, -0.05) is 48.0 Å². The predicted octanol–water partition coefficient (Wildman–Crippen LogP) is 6.33. The summed E-state index contributed by atoms with van der Waals surface area (Å²) in [5.41, 5.74) is 2.76. The van der Waals surface area contributed by atoms with Crippen molar-refractivity contribution in [3.63, 3.8) is 0 Å². The van der Waals surface area contributed by atoms with Gasteiger partial charge in [0.15, 0.2) is 5.17 Å². The first-order valence-electron chi connectivity index (χ1n) is 10.9. The number of amidine groups is 1. The van der Waals surface area contributed by atoms with Gasteiger partial charge in [0.25, 0.3) is 5.91 Å². The molecule has 0 aliphatic carbocycles. The summed E-state index contributed by atoms with van der Waals surface area (Å²) in [6.45, 7) is 2.43. The fourth-order valence-corrected chi connectivity index (χ4v) is 4.44. The summed E-state index contributed by atoms with van der Waals surface area (Å²) >= 11 is 7.46. The average Bonchev–Trinajstić information content (AvgIpc) is 3.12. The Hall–Kier alpha value is -3.55. The SMILES string of the molecule is CCOC(=O)c1cccc(N=C2SC(=Cc3ccc(OCc4ccccc4Cl)cc3)C(=O)N2C)c1. The molecule has 0 aromatic heterocycles. The Bertz CT molecular complexity index is 1300. The summed E-state index contributed by atoms with van der Waals surface area (Å²) < 4.78 is 10.9. The number of likely N-dealkylation sites (N-methyl/N-ethyl adjacent to an activating group) is 1. The van der Waals surface area contributed by atoms with E-state index in [4.69, 9.17) is 21.1 Å². The van der Waals surface area contributed by atoms with E-state index < -0.39 is 5.97 Å². The molecule has 1 aliphatic heterocycles. The first-order chi connectivity index (χ1) is 16.9. The molecule has 0 bridgehead atoms. The number of benzene rings is 3. The van der Waals surface area contributed by atoms with Crippen molar-refractivity contribution >= 4 is 52.2 Å². The molecule has 1 amide bonds. The molecule has 0 radical (unpaired) electrons. The van der Waals surface area contributed by atoms with Crippen LogP contribution in [0, 0.1) is 0 Å². The Kier molecular flexibility index (Phi) is 7.90. The van der Waals surface area contributed by atoms with Crippen LogP contribution in [0.4, 0.5) is 5.69 Å². The van der Waals surface area contributed by atoms with Crippen LogP contribution in [0.5, 0.6) is 5.75 Å². The van der Waals surface area contributed by atoms with E-state index in [1.54, 1.807) is 38.2 Å². The molecule has 0 spiro atoms. The van der Waals surface area contributed by atoms with E-state index in [9.17, 15) is 9.59 Å². The quantitative estimate of drug-likeness (QED) is 0.276. The van der Waals surface area contributed by atoms with Crippen molar-refractivity contribution in [2.24, 2.45) is 4.99 Å². The second-order valence-corrected chi connectivity index (χ2v) is 9.01. The van der Waals surface area contributed by atoms with Crippen LogP contribution in [0.2, 0.25) is 5.02 Å². The van der Waals surface area contributed by atoms with Gasteiger partial charge < -0.3 is 9.47 Å². The van der Waals surface area contributed by atoms with Crippen molar-refractivity contribution in [3.05, 3.63) is 99.4 Å². The van der Waals surface area contributed by atoms with Crippen molar-refractivity contribution in [1.82, 2.24) is 4.90 Å². The lowest BCUT2D eigenvalue weighted by atomic mass is 10.2. The van der Waals surface area contributed by atoms with Crippen LogP contribution in [0.15, 0.2) is 82.7 Å². The fourth-order valence-electron chi connectivity index (χ4n) is 3.27. The van der Waals surface area contributed by atoms with Crippen molar-refractivity contribution in [1.29, 1.82) is 0 Å². The van der Waals surface area contributed by atoms with Crippen LogP contribution >= 0.6 is 23.4 Å². The summed E-state index contributed by atoms with van der Waals surface area (Å²) in [4.78, 5) is 31.4. The lowest BCUT2D eigenvalue weighted by Gasteiger charge is -2.08. The maximum Gasteiger partial charge on any atom is 0.338 e. The molecular formula is C27H23ClN2O4S. The van der Waals surface area contributed by atoms with Crippen LogP contribution < -0.4 is 4.74 Å². The number of thioether (sulfide) groups is 1. The van der Waals surface area contributed by atoms with Crippen LogP contribution in [-0.2, 0) is 16.1 Å². The second kappa shape index (κ2) is 11.3. The Balaban J connectivity index is 1.45. The number of aliphatic imine (C=N–C) groups is 1. The molecule has 1 saturated heterocycles. The highest BCUT2D eigenvalue weighted by Crippen LogP contribution is 2.33.